The van der Waals surface area contributed by atoms with Gasteiger partial charge in [0.05, 0.1) is 28.0 Å². The number of rotatable bonds is 7. The maximum Gasteiger partial charge on any atom is 0.271 e. The first-order valence-electron chi connectivity index (χ1n) is 11.4. The number of benzene rings is 2. The van der Waals surface area contributed by atoms with E-state index in [-0.39, 0.29) is 11.4 Å². The lowest BCUT2D eigenvalue weighted by atomic mass is 9.91. The number of halogens is 3. The first-order valence-corrected chi connectivity index (χ1v) is 12.2. The highest BCUT2D eigenvalue weighted by molar-refractivity contribution is 6.42. The van der Waals surface area contributed by atoms with E-state index >= 15 is 0 Å². The van der Waals surface area contributed by atoms with Crippen molar-refractivity contribution in [3.8, 4) is 11.6 Å². The average molecular weight is 517 g/mol. The summed E-state index contributed by atoms with van der Waals surface area (Å²) in [6.07, 6.45) is 2.76. The highest BCUT2D eigenvalue weighted by Gasteiger charge is 2.25. The molecule has 35 heavy (non-hydrogen) atoms. The predicted octanol–water partition coefficient (Wildman–Crippen LogP) is 5.47. The lowest BCUT2D eigenvalue weighted by molar-refractivity contribution is 0.189. The van der Waals surface area contributed by atoms with Crippen molar-refractivity contribution in [2.24, 2.45) is 0 Å². The smallest absolute Gasteiger partial charge is 0.271 e. The first-order chi connectivity index (χ1) is 17.0. The first kappa shape index (κ1) is 23.8. The molecule has 1 saturated heterocycles. The molecular formula is C25H23Cl2FN4O3. The minimum absolute atomic E-state index is 0.288. The minimum atomic E-state index is -0.319. The molecule has 1 fully saturated rings. The fraction of sp³-hybridized carbons (Fsp3) is 0.320. The topological polar surface area (TPSA) is 73.4 Å². The summed E-state index contributed by atoms with van der Waals surface area (Å²) in [7, 11) is 0. The Hall–Kier alpha value is -2.94. The van der Waals surface area contributed by atoms with Gasteiger partial charge in [0, 0.05) is 36.0 Å². The third kappa shape index (κ3) is 5.34. The number of ether oxygens (including phenoxy) is 1. The summed E-state index contributed by atoms with van der Waals surface area (Å²) in [5.41, 5.74) is 1.65. The number of nitrogens with zero attached hydrogens (tertiary/aromatic N) is 4. The Balaban J connectivity index is 1.11. The van der Waals surface area contributed by atoms with Gasteiger partial charge >= 0.3 is 0 Å². The molecule has 1 aliphatic heterocycles. The zero-order chi connectivity index (χ0) is 24.4. The minimum Gasteiger partial charge on any atom is -0.477 e. The van der Waals surface area contributed by atoms with E-state index in [1.54, 1.807) is 30.3 Å². The lowest BCUT2D eigenvalue weighted by Gasteiger charge is -2.31. The summed E-state index contributed by atoms with van der Waals surface area (Å²) in [6, 6.07) is 12.4. The molecular weight excluding hydrogens is 494 g/mol. The Kier molecular flexibility index (Phi) is 7.04. The van der Waals surface area contributed by atoms with Crippen LogP contribution in [0.2, 0.25) is 10.0 Å². The summed E-state index contributed by atoms with van der Waals surface area (Å²) in [6.45, 7) is 3.26. The van der Waals surface area contributed by atoms with E-state index in [0.717, 1.165) is 50.0 Å². The Labute approximate surface area is 211 Å². The molecule has 0 unspecified atom stereocenters. The fourth-order valence-electron chi connectivity index (χ4n) is 4.39. The molecule has 7 nitrogen and oxygen atoms in total. The molecule has 1 aliphatic rings. The van der Waals surface area contributed by atoms with Crippen LogP contribution in [-0.4, -0.2) is 46.1 Å². The van der Waals surface area contributed by atoms with E-state index in [2.05, 4.69) is 15.2 Å². The van der Waals surface area contributed by atoms with Crippen molar-refractivity contribution in [2.45, 2.75) is 25.2 Å². The van der Waals surface area contributed by atoms with E-state index in [4.69, 9.17) is 32.5 Å². The van der Waals surface area contributed by atoms with Crippen LogP contribution >= 0.6 is 23.2 Å². The van der Waals surface area contributed by atoms with E-state index in [1.807, 2.05) is 0 Å². The van der Waals surface area contributed by atoms with Gasteiger partial charge in [0.1, 0.15) is 5.82 Å². The van der Waals surface area contributed by atoms with Gasteiger partial charge in [0.15, 0.2) is 5.58 Å². The monoisotopic (exact) mass is 516 g/mol. The zero-order valence-electron chi connectivity index (χ0n) is 18.8. The van der Waals surface area contributed by atoms with Gasteiger partial charge in [-0.2, -0.15) is 4.68 Å². The van der Waals surface area contributed by atoms with E-state index < -0.39 is 0 Å². The summed E-state index contributed by atoms with van der Waals surface area (Å²) in [4.78, 5) is 14.6. The second-order valence-electron chi connectivity index (χ2n) is 8.55. The second kappa shape index (κ2) is 10.4. The molecule has 10 heteroatoms. The van der Waals surface area contributed by atoms with Gasteiger partial charge in [-0.25, -0.2) is 4.39 Å². The third-order valence-electron chi connectivity index (χ3n) is 6.23. The van der Waals surface area contributed by atoms with Crippen LogP contribution in [-0.2, 0) is 0 Å². The second-order valence-corrected chi connectivity index (χ2v) is 9.36. The van der Waals surface area contributed by atoms with Gasteiger partial charge in [-0.3, -0.25) is 4.79 Å². The van der Waals surface area contributed by atoms with Crippen LogP contribution in [0.1, 0.15) is 30.9 Å². The standard InChI is InChI=1S/C25H23Cl2FN4O3/c26-20-5-3-18(15-21(20)27)32-24(33)7-6-23(29-32)34-13-1-10-31-11-8-16(9-12-31)25-19-4-2-17(28)14-22(19)35-30-25/h2-7,14-16H,1,8-13H2. The quantitative estimate of drug-likeness (QED) is 0.303. The summed E-state index contributed by atoms with van der Waals surface area (Å²) in [5.74, 6) is 0.352. The number of hydrogen-bond donors (Lipinski definition) is 0. The van der Waals surface area contributed by atoms with E-state index in [1.165, 1.54) is 22.9 Å². The van der Waals surface area contributed by atoms with Crippen molar-refractivity contribution >= 4 is 34.2 Å². The lowest BCUT2D eigenvalue weighted by Crippen LogP contribution is -2.34. The molecule has 0 radical (unpaired) electrons. The number of likely N-dealkylation sites (tertiary alicyclic amines) is 1. The van der Waals surface area contributed by atoms with Crippen LogP contribution in [0.3, 0.4) is 0 Å². The van der Waals surface area contributed by atoms with Crippen molar-refractivity contribution in [1.29, 1.82) is 0 Å². The van der Waals surface area contributed by atoms with Crippen LogP contribution in [0.25, 0.3) is 16.7 Å². The highest BCUT2D eigenvalue weighted by Crippen LogP contribution is 2.32. The zero-order valence-corrected chi connectivity index (χ0v) is 20.3. The third-order valence-corrected chi connectivity index (χ3v) is 6.97. The molecule has 0 N–H and O–H groups in total. The van der Waals surface area contributed by atoms with Crippen LogP contribution in [0.15, 0.2) is 57.8 Å². The van der Waals surface area contributed by atoms with E-state index in [0.29, 0.717) is 39.7 Å². The molecule has 0 atom stereocenters. The van der Waals surface area contributed by atoms with Crippen molar-refractivity contribution in [1.82, 2.24) is 19.8 Å². The van der Waals surface area contributed by atoms with Crippen molar-refractivity contribution in [3.05, 3.63) is 80.4 Å². The molecule has 0 amide bonds. The number of fused-ring (bicyclic) bond motifs is 1. The van der Waals surface area contributed by atoms with Crippen LogP contribution in [0, 0.1) is 5.82 Å². The molecule has 182 valence electrons. The number of hydrogen-bond acceptors (Lipinski definition) is 6. The Bertz CT molecular complexity index is 1400. The Morgan fingerprint density at radius 1 is 1.06 bits per heavy atom. The number of aromatic nitrogens is 3. The summed E-state index contributed by atoms with van der Waals surface area (Å²) < 4.78 is 25.8. The van der Waals surface area contributed by atoms with Crippen LogP contribution in [0.4, 0.5) is 4.39 Å². The molecule has 2 aromatic carbocycles. The van der Waals surface area contributed by atoms with Crippen molar-refractivity contribution in [3.63, 3.8) is 0 Å². The van der Waals surface area contributed by atoms with Crippen LogP contribution < -0.4 is 10.3 Å². The van der Waals surface area contributed by atoms with Crippen molar-refractivity contribution < 1.29 is 13.7 Å². The van der Waals surface area contributed by atoms with Gasteiger partial charge < -0.3 is 14.2 Å². The maximum absolute atomic E-state index is 13.4. The predicted molar refractivity (Wildman–Crippen MR) is 132 cm³/mol. The van der Waals surface area contributed by atoms with Crippen LogP contribution in [0.5, 0.6) is 5.88 Å². The van der Waals surface area contributed by atoms with E-state index in [9.17, 15) is 9.18 Å². The highest BCUT2D eigenvalue weighted by atomic mass is 35.5. The van der Waals surface area contributed by atoms with Gasteiger partial charge in [0.2, 0.25) is 5.88 Å². The Morgan fingerprint density at radius 2 is 1.89 bits per heavy atom. The average Bonchev–Trinajstić information content (AvgIpc) is 3.28. The molecule has 0 aliphatic carbocycles. The van der Waals surface area contributed by atoms with Gasteiger partial charge in [0.25, 0.3) is 5.56 Å². The van der Waals surface area contributed by atoms with Gasteiger partial charge in [-0.15, -0.1) is 5.10 Å². The molecule has 0 saturated carbocycles. The maximum atomic E-state index is 13.4. The molecule has 0 bridgehead atoms. The molecule has 3 heterocycles. The molecule has 5 rings (SSSR count). The summed E-state index contributed by atoms with van der Waals surface area (Å²) in [5, 5.41) is 10.2. The normalized spacial score (nSPS) is 15.1. The van der Waals surface area contributed by atoms with Gasteiger partial charge in [-0.1, -0.05) is 28.4 Å². The van der Waals surface area contributed by atoms with Crippen molar-refractivity contribution in [2.75, 3.05) is 26.2 Å². The van der Waals surface area contributed by atoms with Gasteiger partial charge in [-0.05, 0) is 62.7 Å². The summed E-state index contributed by atoms with van der Waals surface area (Å²) >= 11 is 12.0. The SMILES string of the molecule is O=c1ccc(OCCCN2CCC(c3noc4cc(F)ccc34)CC2)nn1-c1ccc(Cl)c(Cl)c1. The molecule has 4 aromatic rings. The molecule has 0 spiro atoms. The largest absolute Gasteiger partial charge is 0.477 e. The Morgan fingerprint density at radius 3 is 2.69 bits per heavy atom. The number of piperidine rings is 1. The molecule has 2 aromatic heterocycles. The fourth-order valence-corrected chi connectivity index (χ4v) is 4.69.